The molecular weight excluding hydrogens is 366 g/mol. The Morgan fingerprint density at radius 3 is 2.72 bits per heavy atom. The topological polar surface area (TPSA) is 77.1 Å². The molecule has 3 heterocycles. The van der Waals surface area contributed by atoms with Gasteiger partial charge in [0.1, 0.15) is 0 Å². The molecule has 0 saturated heterocycles. The molecular formula is C22H23N5O2. The number of hydrogen-bond acceptors (Lipinski definition) is 5. The van der Waals surface area contributed by atoms with Crippen LogP contribution < -0.4 is 0 Å². The van der Waals surface area contributed by atoms with Gasteiger partial charge in [0.2, 0.25) is 5.91 Å². The van der Waals surface area contributed by atoms with Crippen LogP contribution in [0, 0.1) is 0 Å². The molecule has 3 aromatic rings. The van der Waals surface area contributed by atoms with Crippen molar-refractivity contribution >= 4 is 5.91 Å². The maximum absolute atomic E-state index is 13.5. The van der Waals surface area contributed by atoms with Gasteiger partial charge >= 0.3 is 0 Å². The van der Waals surface area contributed by atoms with Gasteiger partial charge in [-0.05, 0) is 31.2 Å². The molecule has 2 aliphatic carbocycles. The van der Waals surface area contributed by atoms with Crippen molar-refractivity contribution in [1.82, 2.24) is 24.8 Å². The molecule has 2 saturated carbocycles. The van der Waals surface area contributed by atoms with Gasteiger partial charge in [0, 0.05) is 43.7 Å². The van der Waals surface area contributed by atoms with E-state index in [1.807, 2.05) is 34.8 Å². The maximum atomic E-state index is 13.5. The molecule has 0 atom stereocenters. The minimum atomic E-state index is -0.342. The largest absolute Gasteiger partial charge is 0.337 e. The second kappa shape index (κ2) is 6.02. The molecule has 0 bridgehead atoms. The third-order valence-electron chi connectivity index (χ3n) is 6.60. The van der Waals surface area contributed by atoms with Crippen LogP contribution in [0.25, 0.3) is 11.6 Å². The van der Waals surface area contributed by atoms with Crippen LogP contribution in [-0.2, 0) is 30.2 Å². The first-order chi connectivity index (χ1) is 14.2. The minimum Gasteiger partial charge on any atom is -0.337 e. The fourth-order valence-electron chi connectivity index (χ4n) is 4.59. The van der Waals surface area contributed by atoms with Gasteiger partial charge in [0.15, 0.2) is 11.5 Å². The number of hydrogen-bond donors (Lipinski definition) is 0. The van der Waals surface area contributed by atoms with E-state index in [4.69, 9.17) is 4.52 Å². The van der Waals surface area contributed by atoms with E-state index in [9.17, 15) is 4.79 Å². The molecule has 1 aromatic carbocycles. The summed E-state index contributed by atoms with van der Waals surface area (Å²) in [6.07, 6.45) is 4.90. The molecule has 6 rings (SSSR count). The highest BCUT2D eigenvalue weighted by molar-refractivity contribution is 5.91. The van der Waals surface area contributed by atoms with Crippen molar-refractivity contribution in [3.8, 4) is 11.6 Å². The van der Waals surface area contributed by atoms with E-state index in [2.05, 4.69) is 27.4 Å². The van der Waals surface area contributed by atoms with E-state index in [1.54, 1.807) is 0 Å². The van der Waals surface area contributed by atoms with Crippen molar-refractivity contribution in [2.45, 2.75) is 50.0 Å². The highest BCUT2D eigenvalue weighted by Crippen LogP contribution is 2.50. The maximum Gasteiger partial charge on any atom is 0.278 e. The standard InChI is InChI=1S/C22H23N5O2/c1-26-17-9-12-27(21(28)22(10-11-22)15-5-3-2-4-6-15)13-16(17)18(24-26)20-23-19(25-29-20)14-7-8-14/h2-6,14H,7-13H2,1H3. The van der Waals surface area contributed by atoms with Gasteiger partial charge in [-0.1, -0.05) is 35.5 Å². The van der Waals surface area contributed by atoms with Crippen LogP contribution in [0.2, 0.25) is 0 Å². The molecule has 1 aliphatic heterocycles. The van der Waals surface area contributed by atoms with Crippen molar-refractivity contribution in [2.75, 3.05) is 6.54 Å². The monoisotopic (exact) mass is 389 g/mol. The van der Waals surface area contributed by atoms with E-state index >= 15 is 0 Å². The lowest BCUT2D eigenvalue weighted by Crippen LogP contribution is -2.42. The first-order valence-electron chi connectivity index (χ1n) is 10.4. The van der Waals surface area contributed by atoms with Crippen molar-refractivity contribution in [3.63, 3.8) is 0 Å². The number of aromatic nitrogens is 4. The summed E-state index contributed by atoms with van der Waals surface area (Å²) in [6.45, 7) is 1.27. The van der Waals surface area contributed by atoms with Crippen LogP contribution >= 0.6 is 0 Å². The molecule has 0 radical (unpaired) electrons. The summed E-state index contributed by atoms with van der Waals surface area (Å²) in [4.78, 5) is 20.1. The number of benzene rings is 1. The Morgan fingerprint density at radius 2 is 2.00 bits per heavy atom. The van der Waals surface area contributed by atoms with Crippen molar-refractivity contribution in [2.24, 2.45) is 7.05 Å². The fraction of sp³-hybridized carbons (Fsp3) is 0.455. The zero-order valence-electron chi connectivity index (χ0n) is 16.5. The van der Waals surface area contributed by atoms with Gasteiger partial charge in [0.25, 0.3) is 5.89 Å². The summed E-state index contributed by atoms with van der Waals surface area (Å²) in [7, 11) is 1.95. The Labute approximate surface area is 168 Å². The molecule has 2 aromatic heterocycles. The molecule has 0 N–H and O–H groups in total. The van der Waals surface area contributed by atoms with Crippen LogP contribution in [0.1, 0.15) is 54.2 Å². The molecule has 0 unspecified atom stereocenters. The molecule has 29 heavy (non-hydrogen) atoms. The van der Waals surface area contributed by atoms with E-state index in [0.717, 1.165) is 67.0 Å². The number of amides is 1. The highest BCUT2D eigenvalue weighted by Gasteiger charge is 2.53. The first-order valence-corrected chi connectivity index (χ1v) is 10.4. The normalized spacial score (nSPS) is 19.8. The molecule has 1 amide bonds. The Balaban J connectivity index is 1.31. The molecule has 3 aliphatic rings. The first kappa shape index (κ1) is 16.9. The molecule has 148 valence electrons. The number of rotatable bonds is 4. The summed E-state index contributed by atoms with van der Waals surface area (Å²) in [6, 6.07) is 10.2. The highest BCUT2D eigenvalue weighted by atomic mass is 16.5. The third-order valence-corrected chi connectivity index (χ3v) is 6.60. The lowest BCUT2D eigenvalue weighted by molar-refractivity contribution is -0.134. The van der Waals surface area contributed by atoms with Gasteiger partial charge in [-0.15, -0.1) is 0 Å². The summed E-state index contributed by atoms with van der Waals surface area (Å²) in [5.74, 6) is 1.92. The average molecular weight is 389 g/mol. The van der Waals surface area contributed by atoms with Crippen LogP contribution in [0.4, 0.5) is 0 Å². The van der Waals surface area contributed by atoms with Crippen LogP contribution in [0.5, 0.6) is 0 Å². The second-order valence-corrected chi connectivity index (χ2v) is 8.55. The van der Waals surface area contributed by atoms with Crippen molar-refractivity contribution in [3.05, 3.63) is 53.0 Å². The number of fused-ring (bicyclic) bond motifs is 1. The smallest absolute Gasteiger partial charge is 0.278 e. The summed E-state index contributed by atoms with van der Waals surface area (Å²) < 4.78 is 7.44. The van der Waals surface area contributed by atoms with Crippen LogP contribution in [-0.4, -0.2) is 37.3 Å². The number of aryl methyl sites for hydroxylation is 1. The lowest BCUT2D eigenvalue weighted by Gasteiger charge is -2.31. The predicted molar refractivity (Wildman–Crippen MR) is 105 cm³/mol. The summed E-state index contributed by atoms with van der Waals surface area (Å²) in [5.41, 5.74) is 3.71. The molecule has 7 nitrogen and oxygen atoms in total. The SMILES string of the molecule is Cn1nc(-c2nc(C3CC3)no2)c2c1CCN(C(=O)C1(c3ccccc3)CC1)C2. The average Bonchev–Trinajstić information content (AvgIpc) is 3.69. The number of carbonyl (C=O) groups is 1. The van der Waals surface area contributed by atoms with E-state index in [0.29, 0.717) is 18.4 Å². The Hall–Kier alpha value is -2.96. The Kier molecular flexibility index (Phi) is 3.52. The van der Waals surface area contributed by atoms with Crippen LogP contribution in [0.15, 0.2) is 34.9 Å². The zero-order valence-corrected chi connectivity index (χ0v) is 16.5. The van der Waals surface area contributed by atoms with Crippen molar-refractivity contribution < 1.29 is 9.32 Å². The lowest BCUT2D eigenvalue weighted by atomic mass is 9.93. The summed E-state index contributed by atoms with van der Waals surface area (Å²) in [5, 5.41) is 8.81. The quantitative estimate of drug-likeness (QED) is 0.686. The second-order valence-electron chi connectivity index (χ2n) is 8.55. The molecule has 7 heteroatoms. The third kappa shape index (κ3) is 2.63. The molecule has 0 spiro atoms. The Bertz CT molecular complexity index is 1090. The zero-order chi connectivity index (χ0) is 19.6. The van der Waals surface area contributed by atoms with Gasteiger partial charge in [-0.25, -0.2) is 0 Å². The van der Waals surface area contributed by atoms with Gasteiger partial charge in [-0.3, -0.25) is 9.48 Å². The van der Waals surface area contributed by atoms with Crippen LogP contribution in [0.3, 0.4) is 0 Å². The van der Waals surface area contributed by atoms with Gasteiger partial charge in [-0.2, -0.15) is 10.1 Å². The van der Waals surface area contributed by atoms with Gasteiger partial charge in [0.05, 0.1) is 5.41 Å². The number of carbonyl (C=O) groups excluding carboxylic acids is 1. The summed E-state index contributed by atoms with van der Waals surface area (Å²) >= 11 is 0. The van der Waals surface area contributed by atoms with E-state index < -0.39 is 0 Å². The molecule has 2 fully saturated rings. The number of nitrogens with zero attached hydrogens (tertiary/aromatic N) is 5. The van der Waals surface area contributed by atoms with Gasteiger partial charge < -0.3 is 9.42 Å². The predicted octanol–water partition coefficient (Wildman–Crippen LogP) is 2.96. The fourth-order valence-corrected chi connectivity index (χ4v) is 4.59. The van der Waals surface area contributed by atoms with E-state index in [1.165, 1.54) is 0 Å². The van der Waals surface area contributed by atoms with E-state index in [-0.39, 0.29) is 11.3 Å². The Morgan fingerprint density at radius 1 is 1.21 bits per heavy atom. The van der Waals surface area contributed by atoms with Crippen molar-refractivity contribution in [1.29, 1.82) is 0 Å². The minimum absolute atomic E-state index is 0.230.